The number of hydrogen-bond acceptors (Lipinski definition) is 5. The number of nitrogens with one attached hydrogen (secondary N) is 1. The van der Waals surface area contributed by atoms with E-state index in [0.717, 1.165) is 31.5 Å². The van der Waals surface area contributed by atoms with Crippen molar-refractivity contribution in [3.63, 3.8) is 0 Å². The first kappa shape index (κ1) is 16.5. The molecule has 4 rings (SSSR count). The van der Waals surface area contributed by atoms with Gasteiger partial charge in [0.15, 0.2) is 5.65 Å². The first-order valence-electron chi connectivity index (χ1n) is 8.74. The number of piperidine rings is 1. The number of aromatic nitrogens is 3. The van der Waals surface area contributed by atoms with Crippen LogP contribution in [0.3, 0.4) is 0 Å². The number of carbonyl (C=O) groups excluding carboxylic acids is 1. The van der Waals surface area contributed by atoms with E-state index in [1.165, 1.54) is 10.7 Å². The zero-order valence-electron chi connectivity index (χ0n) is 14.6. The molecule has 26 heavy (non-hydrogen) atoms. The quantitative estimate of drug-likeness (QED) is 0.753. The summed E-state index contributed by atoms with van der Waals surface area (Å²) in [5.41, 5.74) is 2.20. The average Bonchev–Trinajstić information content (AvgIpc) is 3.09. The maximum atomic E-state index is 12.7. The molecular formula is C19H21N5O2. The summed E-state index contributed by atoms with van der Waals surface area (Å²) in [6, 6.07) is 11.2. The maximum Gasteiger partial charge on any atom is 0.256 e. The Morgan fingerprint density at radius 2 is 1.96 bits per heavy atom. The Labute approximate surface area is 151 Å². The molecule has 1 saturated heterocycles. The first-order chi connectivity index (χ1) is 12.6. The lowest BCUT2D eigenvalue weighted by Crippen LogP contribution is -2.43. The summed E-state index contributed by atoms with van der Waals surface area (Å²) in [7, 11) is 2.08. The molecule has 0 unspecified atom stereocenters. The molecule has 7 heteroatoms. The molecule has 2 N–H and O–H groups in total. The number of likely N-dealkylation sites (tertiary alicyclic amines) is 1. The number of nitrogens with zero attached hydrogens (tertiary/aromatic N) is 4. The number of amides is 1. The molecule has 0 aliphatic carbocycles. The molecule has 1 amide bonds. The summed E-state index contributed by atoms with van der Waals surface area (Å²) in [5.74, 6) is -0.251. The summed E-state index contributed by atoms with van der Waals surface area (Å²) < 4.78 is 1.29. The van der Waals surface area contributed by atoms with E-state index >= 15 is 0 Å². The number of rotatable bonds is 3. The Kier molecular flexibility index (Phi) is 4.30. The SMILES string of the molecule is CN1CCC(NC(=O)c2cnn3c(O)cc(-c4ccccc4)nc23)CC1. The molecule has 2 aromatic heterocycles. The second-order valence-electron chi connectivity index (χ2n) is 6.71. The molecular weight excluding hydrogens is 330 g/mol. The highest BCUT2D eigenvalue weighted by Gasteiger charge is 2.22. The van der Waals surface area contributed by atoms with E-state index in [-0.39, 0.29) is 17.8 Å². The van der Waals surface area contributed by atoms with Crippen LogP contribution in [0.4, 0.5) is 0 Å². The van der Waals surface area contributed by atoms with Gasteiger partial charge >= 0.3 is 0 Å². The van der Waals surface area contributed by atoms with Crippen LogP contribution in [-0.2, 0) is 0 Å². The Morgan fingerprint density at radius 3 is 2.69 bits per heavy atom. The van der Waals surface area contributed by atoms with Crippen molar-refractivity contribution in [2.45, 2.75) is 18.9 Å². The van der Waals surface area contributed by atoms with Crippen molar-refractivity contribution in [2.24, 2.45) is 0 Å². The maximum absolute atomic E-state index is 12.7. The fourth-order valence-corrected chi connectivity index (χ4v) is 3.28. The molecule has 0 saturated carbocycles. The van der Waals surface area contributed by atoms with Crippen molar-refractivity contribution in [1.29, 1.82) is 0 Å². The molecule has 0 atom stereocenters. The van der Waals surface area contributed by atoms with Gasteiger partial charge in [-0.3, -0.25) is 4.79 Å². The minimum absolute atomic E-state index is 0.0489. The van der Waals surface area contributed by atoms with Crippen molar-refractivity contribution < 1.29 is 9.90 Å². The highest BCUT2D eigenvalue weighted by molar-refractivity contribution is 6.00. The lowest BCUT2D eigenvalue weighted by Gasteiger charge is -2.29. The van der Waals surface area contributed by atoms with E-state index in [1.54, 1.807) is 6.07 Å². The predicted octanol–water partition coefficient (Wildman–Crippen LogP) is 1.93. The van der Waals surface area contributed by atoms with Gasteiger partial charge in [-0.25, -0.2) is 4.98 Å². The van der Waals surface area contributed by atoms with Gasteiger partial charge in [0, 0.05) is 17.7 Å². The molecule has 1 aliphatic heterocycles. The third kappa shape index (κ3) is 3.13. The number of benzene rings is 1. The molecule has 7 nitrogen and oxygen atoms in total. The van der Waals surface area contributed by atoms with Gasteiger partial charge in [0.25, 0.3) is 5.91 Å². The van der Waals surface area contributed by atoms with Crippen LogP contribution >= 0.6 is 0 Å². The standard InChI is InChI=1S/C19H21N5O2/c1-23-9-7-14(8-10-23)21-19(26)15-12-20-24-17(25)11-16(22-18(15)24)13-5-3-2-4-6-13/h2-6,11-12,14,25H,7-10H2,1H3,(H,21,26). The lowest BCUT2D eigenvalue weighted by molar-refractivity contribution is 0.0918. The van der Waals surface area contributed by atoms with E-state index in [1.807, 2.05) is 30.3 Å². The van der Waals surface area contributed by atoms with Gasteiger partial charge < -0.3 is 15.3 Å². The molecule has 1 fully saturated rings. The Morgan fingerprint density at radius 1 is 1.23 bits per heavy atom. The number of aromatic hydroxyl groups is 1. The predicted molar refractivity (Wildman–Crippen MR) is 98.1 cm³/mol. The van der Waals surface area contributed by atoms with Crippen molar-refractivity contribution in [3.8, 4) is 17.1 Å². The monoisotopic (exact) mass is 351 g/mol. The van der Waals surface area contributed by atoms with Crippen LogP contribution in [0.5, 0.6) is 5.88 Å². The van der Waals surface area contributed by atoms with Gasteiger partial charge in [0.1, 0.15) is 5.56 Å². The van der Waals surface area contributed by atoms with Crippen molar-refractivity contribution in [2.75, 3.05) is 20.1 Å². The Balaban J connectivity index is 1.65. The number of hydrogen-bond donors (Lipinski definition) is 2. The topological polar surface area (TPSA) is 82.8 Å². The normalized spacial score (nSPS) is 16.0. The third-order valence-electron chi connectivity index (χ3n) is 4.82. The van der Waals surface area contributed by atoms with Crippen LogP contribution in [-0.4, -0.2) is 56.7 Å². The van der Waals surface area contributed by atoms with Gasteiger partial charge in [-0.2, -0.15) is 9.61 Å². The molecule has 134 valence electrons. The van der Waals surface area contributed by atoms with E-state index in [4.69, 9.17) is 0 Å². The van der Waals surface area contributed by atoms with Gasteiger partial charge in [0.2, 0.25) is 5.88 Å². The zero-order chi connectivity index (χ0) is 18.1. The highest BCUT2D eigenvalue weighted by Crippen LogP contribution is 2.24. The summed E-state index contributed by atoms with van der Waals surface area (Å²) in [6.45, 7) is 1.94. The fraction of sp³-hybridized carbons (Fsp3) is 0.316. The lowest BCUT2D eigenvalue weighted by atomic mass is 10.1. The van der Waals surface area contributed by atoms with E-state index < -0.39 is 0 Å². The minimum atomic E-state index is -0.202. The average molecular weight is 351 g/mol. The van der Waals surface area contributed by atoms with Gasteiger partial charge in [-0.1, -0.05) is 30.3 Å². The summed E-state index contributed by atoms with van der Waals surface area (Å²) in [4.78, 5) is 19.5. The molecule has 1 aromatic carbocycles. The largest absolute Gasteiger partial charge is 0.493 e. The van der Waals surface area contributed by atoms with Crippen LogP contribution in [0, 0.1) is 0 Å². The molecule has 3 aromatic rings. The zero-order valence-corrected chi connectivity index (χ0v) is 14.6. The minimum Gasteiger partial charge on any atom is -0.493 e. The van der Waals surface area contributed by atoms with Crippen molar-refractivity contribution in [3.05, 3.63) is 48.2 Å². The number of carbonyl (C=O) groups is 1. The van der Waals surface area contributed by atoms with Gasteiger partial charge in [0.05, 0.1) is 11.9 Å². The molecule has 0 spiro atoms. The molecule has 0 radical (unpaired) electrons. The van der Waals surface area contributed by atoms with Gasteiger partial charge in [-0.15, -0.1) is 0 Å². The second kappa shape index (κ2) is 6.76. The fourth-order valence-electron chi connectivity index (χ4n) is 3.28. The smallest absolute Gasteiger partial charge is 0.256 e. The van der Waals surface area contributed by atoms with E-state index in [2.05, 4.69) is 27.3 Å². The Hall–Kier alpha value is -2.93. The summed E-state index contributed by atoms with van der Waals surface area (Å²) >= 11 is 0. The van der Waals surface area contributed by atoms with Crippen LogP contribution in [0.15, 0.2) is 42.6 Å². The Bertz CT molecular complexity index is 930. The first-order valence-corrected chi connectivity index (χ1v) is 8.74. The number of fused-ring (bicyclic) bond motifs is 1. The van der Waals surface area contributed by atoms with Gasteiger partial charge in [-0.05, 0) is 33.0 Å². The highest BCUT2D eigenvalue weighted by atomic mass is 16.3. The molecule has 1 aliphatic rings. The second-order valence-corrected chi connectivity index (χ2v) is 6.71. The third-order valence-corrected chi connectivity index (χ3v) is 4.82. The van der Waals surface area contributed by atoms with E-state index in [9.17, 15) is 9.90 Å². The van der Waals surface area contributed by atoms with Crippen LogP contribution in [0.25, 0.3) is 16.9 Å². The van der Waals surface area contributed by atoms with Crippen LogP contribution in [0.1, 0.15) is 23.2 Å². The van der Waals surface area contributed by atoms with Crippen LogP contribution in [0.2, 0.25) is 0 Å². The summed E-state index contributed by atoms with van der Waals surface area (Å²) in [6.07, 6.45) is 3.31. The molecule has 3 heterocycles. The van der Waals surface area contributed by atoms with Crippen LogP contribution < -0.4 is 5.32 Å². The van der Waals surface area contributed by atoms with E-state index in [0.29, 0.717) is 16.9 Å². The summed E-state index contributed by atoms with van der Waals surface area (Å²) in [5, 5.41) is 17.5. The van der Waals surface area contributed by atoms with Crippen molar-refractivity contribution in [1.82, 2.24) is 24.8 Å². The molecule has 0 bridgehead atoms. The van der Waals surface area contributed by atoms with Crippen molar-refractivity contribution >= 4 is 11.6 Å².